The molecule has 0 aliphatic rings. The molecule has 1 aromatic heterocycles. The summed E-state index contributed by atoms with van der Waals surface area (Å²) in [7, 11) is 1.98. The van der Waals surface area contributed by atoms with Crippen LogP contribution < -0.4 is 10.2 Å². The molecule has 0 aliphatic heterocycles. The van der Waals surface area contributed by atoms with Crippen molar-refractivity contribution in [1.82, 2.24) is 10.3 Å². The summed E-state index contributed by atoms with van der Waals surface area (Å²) in [6, 6.07) is 13.7. The first-order valence-corrected chi connectivity index (χ1v) is 7.25. The lowest BCUT2D eigenvalue weighted by atomic mass is 10.2. The Labute approximate surface area is 125 Å². The van der Waals surface area contributed by atoms with E-state index in [4.69, 9.17) is 0 Å². The summed E-state index contributed by atoms with van der Waals surface area (Å²) in [5, 5.41) is 2.89. The van der Waals surface area contributed by atoms with Gasteiger partial charge in [0.2, 0.25) is 0 Å². The first-order chi connectivity index (χ1) is 10.2. The van der Waals surface area contributed by atoms with Gasteiger partial charge in [-0.3, -0.25) is 9.78 Å². The van der Waals surface area contributed by atoms with E-state index in [0.717, 1.165) is 24.2 Å². The number of nitrogens with zero attached hydrogens (tertiary/aromatic N) is 2. The number of hydrogen-bond donors (Lipinski definition) is 1. The highest BCUT2D eigenvalue weighted by atomic mass is 16.1. The quantitative estimate of drug-likeness (QED) is 0.827. The number of benzene rings is 1. The molecule has 4 nitrogen and oxygen atoms in total. The largest absolute Gasteiger partial charge is 0.351 e. The molecule has 110 valence electrons. The molecule has 1 heterocycles. The molecule has 1 amide bonds. The van der Waals surface area contributed by atoms with Gasteiger partial charge in [0.1, 0.15) is 5.69 Å². The maximum atomic E-state index is 12.0. The predicted molar refractivity (Wildman–Crippen MR) is 86.0 cm³/mol. The molecule has 0 aliphatic carbocycles. The van der Waals surface area contributed by atoms with Crippen molar-refractivity contribution in [3.05, 3.63) is 54.4 Å². The van der Waals surface area contributed by atoms with Crippen molar-refractivity contribution in [1.29, 1.82) is 0 Å². The third-order valence-electron chi connectivity index (χ3n) is 3.32. The average Bonchev–Trinajstić information content (AvgIpc) is 2.55. The number of amides is 1. The van der Waals surface area contributed by atoms with Crippen LogP contribution in [0.15, 0.2) is 48.7 Å². The van der Waals surface area contributed by atoms with Crippen LogP contribution in [-0.4, -0.2) is 24.5 Å². The van der Waals surface area contributed by atoms with Crippen molar-refractivity contribution >= 4 is 17.3 Å². The fourth-order valence-corrected chi connectivity index (χ4v) is 2.02. The van der Waals surface area contributed by atoms with E-state index in [9.17, 15) is 4.79 Å². The summed E-state index contributed by atoms with van der Waals surface area (Å²) in [6.45, 7) is 2.79. The number of carbonyl (C=O) groups is 1. The molecule has 0 radical (unpaired) electrons. The summed E-state index contributed by atoms with van der Waals surface area (Å²) >= 11 is 0. The monoisotopic (exact) mass is 283 g/mol. The Morgan fingerprint density at radius 2 is 1.95 bits per heavy atom. The molecule has 0 saturated carbocycles. The second kappa shape index (κ2) is 7.43. The van der Waals surface area contributed by atoms with E-state index in [1.165, 1.54) is 0 Å². The van der Waals surface area contributed by atoms with Gasteiger partial charge >= 0.3 is 0 Å². The van der Waals surface area contributed by atoms with Crippen LogP contribution in [0.2, 0.25) is 0 Å². The van der Waals surface area contributed by atoms with Crippen LogP contribution in [0.25, 0.3) is 0 Å². The van der Waals surface area contributed by atoms with Gasteiger partial charge in [0.25, 0.3) is 5.91 Å². The van der Waals surface area contributed by atoms with Crippen LogP contribution in [0.5, 0.6) is 0 Å². The lowest BCUT2D eigenvalue weighted by Crippen LogP contribution is -2.25. The number of aromatic nitrogens is 1. The van der Waals surface area contributed by atoms with Gasteiger partial charge < -0.3 is 10.2 Å². The third-order valence-corrected chi connectivity index (χ3v) is 3.32. The first-order valence-electron chi connectivity index (χ1n) is 7.25. The molecule has 0 atom stereocenters. The van der Waals surface area contributed by atoms with Gasteiger partial charge in [-0.05, 0) is 30.7 Å². The van der Waals surface area contributed by atoms with Crippen LogP contribution in [-0.2, 0) is 0 Å². The van der Waals surface area contributed by atoms with Crippen LogP contribution in [0.1, 0.15) is 30.3 Å². The van der Waals surface area contributed by atoms with E-state index in [1.54, 1.807) is 6.20 Å². The Morgan fingerprint density at radius 1 is 1.19 bits per heavy atom. The second-order valence-electron chi connectivity index (χ2n) is 4.90. The third kappa shape index (κ3) is 4.05. The molecule has 4 heteroatoms. The van der Waals surface area contributed by atoms with Crippen molar-refractivity contribution in [3.63, 3.8) is 0 Å². The lowest BCUT2D eigenvalue weighted by Gasteiger charge is -2.19. The molecule has 2 rings (SSSR count). The SMILES string of the molecule is CCCCNC(=O)c1cc(N(C)c2ccccc2)ccn1. The molecular formula is C17H21N3O. The van der Waals surface area contributed by atoms with E-state index in [1.807, 2.05) is 54.4 Å². The first kappa shape index (κ1) is 15.0. The highest BCUT2D eigenvalue weighted by molar-refractivity contribution is 5.93. The van der Waals surface area contributed by atoms with Crippen molar-refractivity contribution < 1.29 is 4.79 Å². The fourth-order valence-electron chi connectivity index (χ4n) is 2.02. The average molecular weight is 283 g/mol. The van der Waals surface area contributed by atoms with Crippen molar-refractivity contribution in [2.45, 2.75) is 19.8 Å². The van der Waals surface area contributed by atoms with Crippen molar-refractivity contribution in [2.24, 2.45) is 0 Å². The molecular weight excluding hydrogens is 262 g/mol. The summed E-state index contributed by atoms with van der Waals surface area (Å²) in [6.07, 6.45) is 3.71. The Balaban J connectivity index is 2.12. The van der Waals surface area contributed by atoms with E-state index in [-0.39, 0.29) is 5.91 Å². The summed E-state index contributed by atoms with van der Waals surface area (Å²) in [4.78, 5) is 18.2. The zero-order valence-electron chi connectivity index (χ0n) is 12.5. The lowest BCUT2D eigenvalue weighted by molar-refractivity contribution is 0.0948. The number of carbonyl (C=O) groups excluding carboxylic acids is 1. The number of unbranched alkanes of at least 4 members (excludes halogenated alkanes) is 1. The molecule has 0 saturated heterocycles. The van der Waals surface area contributed by atoms with Crippen LogP contribution in [0.3, 0.4) is 0 Å². The number of pyridine rings is 1. The highest BCUT2D eigenvalue weighted by Gasteiger charge is 2.10. The molecule has 0 fully saturated rings. The fraction of sp³-hybridized carbons (Fsp3) is 0.294. The van der Waals surface area contributed by atoms with Gasteiger partial charge in [-0.15, -0.1) is 0 Å². The molecule has 1 N–H and O–H groups in total. The predicted octanol–water partition coefficient (Wildman–Crippen LogP) is 3.38. The minimum atomic E-state index is -0.119. The summed E-state index contributed by atoms with van der Waals surface area (Å²) < 4.78 is 0. The standard InChI is InChI=1S/C17H21N3O/c1-3-4-11-19-17(21)16-13-15(10-12-18-16)20(2)14-8-6-5-7-9-14/h5-10,12-13H,3-4,11H2,1-2H3,(H,19,21). The summed E-state index contributed by atoms with van der Waals surface area (Å²) in [5.41, 5.74) is 2.46. The van der Waals surface area contributed by atoms with Crippen LogP contribution >= 0.6 is 0 Å². The van der Waals surface area contributed by atoms with Crippen LogP contribution in [0.4, 0.5) is 11.4 Å². The van der Waals surface area contributed by atoms with Crippen LogP contribution in [0, 0.1) is 0 Å². The highest BCUT2D eigenvalue weighted by Crippen LogP contribution is 2.22. The Hall–Kier alpha value is -2.36. The number of rotatable bonds is 6. The maximum absolute atomic E-state index is 12.0. The van der Waals surface area contributed by atoms with E-state index < -0.39 is 0 Å². The van der Waals surface area contributed by atoms with Gasteiger partial charge in [0.15, 0.2) is 0 Å². The maximum Gasteiger partial charge on any atom is 0.269 e. The topological polar surface area (TPSA) is 45.2 Å². The van der Waals surface area contributed by atoms with Gasteiger partial charge in [-0.1, -0.05) is 31.5 Å². The zero-order chi connectivity index (χ0) is 15.1. The van der Waals surface area contributed by atoms with Gasteiger partial charge in [-0.25, -0.2) is 0 Å². The normalized spacial score (nSPS) is 10.2. The van der Waals surface area contributed by atoms with E-state index >= 15 is 0 Å². The van der Waals surface area contributed by atoms with E-state index in [2.05, 4.69) is 17.2 Å². The van der Waals surface area contributed by atoms with E-state index in [0.29, 0.717) is 12.2 Å². The number of nitrogens with one attached hydrogen (secondary N) is 1. The van der Waals surface area contributed by atoms with Crippen molar-refractivity contribution in [3.8, 4) is 0 Å². The second-order valence-corrected chi connectivity index (χ2v) is 4.90. The molecule has 2 aromatic rings. The summed E-state index contributed by atoms with van der Waals surface area (Å²) in [5.74, 6) is -0.119. The number of para-hydroxylation sites is 1. The van der Waals surface area contributed by atoms with Gasteiger partial charge in [0, 0.05) is 31.2 Å². The Bertz CT molecular complexity index is 584. The Morgan fingerprint density at radius 3 is 2.67 bits per heavy atom. The molecule has 0 unspecified atom stereocenters. The minimum absolute atomic E-state index is 0.119. The van der Waals surface area contributed by atoms with Gasteiger partial charge in [0.05, 0.1) is 0 Å². The molecule has 0 spiro atoms. The zero-order valence-corrected chi connectivity index (χ0v) is 12.5. The molecule has 1 aromatic carbocycles. The minimum Gasteiger partial charge on any atom is -0.351 e. The Kier molecular flexibility index (Phi) is 5.32. The molecule has 0 bridgehead atoms. The number of anilines is 2. The smallest absolute Gasteiger partial charge is 0.269 e. The number of hydrogen-bond acceptors (Lipinski definition) is 3. The van der Waals surface area contributed by atoms with Gasteiger partial charge in [-0.2, -0.15) is 0 Å². The van der Waals surface area contributed by atoms with Crippen molar-refractivity contribution in [2.75, 3.05) is 18.5 Å². The molecule has 21 heavy (non-hydrogen) atoms.